The lowest BCUT2D eigenvalue weighted by Crippen LogP contribution is -2.90. The Kier molecular flexibility index (Phi) is 7.16. The van der Waals surface area contributed by atoms with E-state index in [0.717, 1.165) is 16.9 Å². The summed E-state index contributed by atoms with van der Waals surface area (Å²) in [5.41, 5.74) is 1.41. The Morgan fingerprint density at radius 3 is 2.60 bits per heavy atom. The second kappa shape index (κ2) is 9.34. The predicted octanol–water partition coefficient (Wildman–Crippen LogP) is 2.89. The molecule has 134 valence electrons. The van der Waals surface area contributed by atoms with Gasteiger partial charge in [-0.2, -0.15) is 0 Å². The topological polar surface area (TPSA) is 72.0 Å². The SMILES string of the molecule is CCOC(=O)c1cc(-c2ccccc2)sc1NC(=O)C[NH2+][C@H](C)CC. The number of esters is 1. The summed E-state index contributed by atoms with van der Waals surface area (Å²) in [7, 11) is 0. The lowest BCUT2D eigenvalue weighted by Gasteiger charge is -2.08. The standard InChI is InChI=1S/C19H24N2O3S/c1-4-13(3)20-12-17(22)21-18-15(19(23)24-5-2)11-16(25-18)14-9-7-6-8-10-14/h6-11,13,20H,4-5,12H2,1-3H3,(H,21,22)/p+1/t13-/m1/s1. The number of anilines is 1. The van der Waals surface area contributed by atoms with Crippen molar-refractivity contribution in [1.82, 2.24) is 0 Å². The zero-order valence-corrected chi connectivity index (χ0v) is 15.7. The maximum absolute atomic E-state index is 12.2. The summed E-state index contributed by atoms with van der Waals surface area (Å²) in [6.45, 7) is 6.56. The molecule has 0 aliphatic rings. The normalized spacial score (nSPS) is 11.8. The van der Waals surface area contributed by atoms with E-state index in [-0.39, 0.29) is 5.91 Å². The number of thiophene rings is 1. The molecule has 0 saturated carbocycles. The number of hydrogen-bond donors (Lipinski definition) is 2. The fourth-order valence-electron chi connectivity index (χ4n) is 2.24. The van der Waals surface area contributed by atoms with Gasteiger partial charge in [0.25, 0.3) is 5.91 Å². The Morgan fingerprint density at radius 1 is 1.24 bits per heavy atom. The molecular weight excluding hydrogens is 336 g/mol. The fraction of sp³-hybridized carbons (Fsp3) is 0.368. The maximum Gasteiger partial charge on any atom is 0.341 e. The van der Waals surface area contributed by atoms with Gasteiger partial charge in [-0.05, 0) is 31.9 Å². The molecule has 0 aliphatic carbocycles. The Bertz CT molecular complexity index is 713. The van der Waals surface area contributed by atoms with Gasteiger partial charge in [-0.15, -0.1) is 11.3 Å². The molecule has 0 radical (unpaired) electrons. The third kappa shape index (κ3) is 5.41. The van der Waals surface area contributed by atoms with Crippen molar-refractivity contribution in [1.29, 1.82) is 0 Å². The van der Waals surface area contributed by atoms with Gasteiger partial charge in [-0.1, -0.05) is 37.3 Å². The number of amides is 1. The molecule has 0 saturated heterocycles. The molecule has 0 fully saturated rings. The van der Waals surface area contributed by atoms with Crippen LogP contribution in [-0.4, -0.2) is 31.1 Å². The zero-order valence-electron chi connectivity index (χ0n) is 14.9. The molecule has 0 aliphatic heterocycles. The van der Waals surface area contributed by atoms with Crippen LogP contribution < -0.4 is 10.6 Å². The van der Waals surface area contributed by atoms with Crippen LogP contribution in [0.15, 0.2) is 36.4 Å². The van der Waals surface area contributed by atoms with E-state index in [4.69, 9.17) is 4.74 Å². The van der Waals surface area contributed by atoms with Gasteiger partial charge in [0.2, 0.25) is 0 Å². The number of quaternary nitrogens is 1. The lowest BCUT2D eigenvalue weighted by molar-refractivity contribution is -0.675. The number of nitrogens with two attached hydrogens (primary N) is 1. The van der Waals surface area contributed by atoms with Gasteiger partial charge in [0, 0.05) is 4.88 Å². The van der Waals surface area contributed by atoms with Crippen LogP contribution in [0.25, 0.3) is 10.4 Å². The van der Waals surface area contributed by atoms with Crippen molar-refractivity contribution in [3.05, 3.63) is 42.0 Å². The van der Waals surface area contributed by atoms with Crippen LogP contribution in [0.3, 0.4) is 0 Å². The summed E-state index contributed by atoms with van der Waals surface area (Å²) in [6.07, 6.45) is 0.999. The molecule has 1 heterocycles. The van der Waals surface area contributed by atoms with Gasteiger partial charge < -0.3 is 15.4 Å². The minimum atomic E-state index is -0.415. The average molecular weight is 361 g/mol. The van der Waals surface area contributed by atoms with Crippen LogP contribution in [0.1, 0.15) is 37.6 Å². The van der Waals surface area contributed by atoms with Gasteiger partial charge >= 0.3 is 5.97 Å². The third-order valence-electron chi connectivity index (χ3n) is 3.89. The quantitative estimate of drug-likeness (QED) is 0.710. The van der Waals surface area contributed by atoms with E-state index in [0.29, 0.717) is 29.8 Å². The van der Waals surface area contributed by atoms with Gasteiger partial charge in [0.05, 0.1) is 18.2 Å². The predicted molar refractivity (Wildman–Crippen MR) is 101 cm³/mol. The molecule has 0 bridgehead atoms. The molecule has 0 spiro atoms. The average Bonchev–Trinajstić information content (AvgIpc) is 3.04. The Labute approximate surface area is 152 Å². The number of nitrogens with one attached hydrogen (secondary N) is 1. The van der Waals surface area contributed by atoms with Crippen LogP contribution in [0.5, 0.6) is 0 Å². The molecule has 2 rings (SSSR count). The van der Waals surface area contributed by atoms with Crippen molar-refractivity contribution in [2.75, 3.05) is 18.5 Å². The summed E-state index contributed by atoms with van der Waals surface area (Å²) >= 11 is 1.39. The second-order valence-corrected chi connectivity index (χ2v) is 6.87. The summed E-state index contributed by atoms with van der Waals surface area (Å²) in [5, 5.41) is 5.40. The molecule has 6 heteroatoms. The first kappa shape index (κ1) is 19.1. The first-order valence-electron chi connectivity index (χ1n) is 8.54. The number of carbonyl (C=O) groups is 2. The van der Waals surface area contributed by atoms with Gasteiger partial charge in [0.1, 0.15) is 5.00 Å². The van der Waals surface area contributed by atoms with Crippen molar-refractivity contribution >= 4 is 28.2 Å². The van der Waals surface area contributed by atoms with Crippen LogP contribution in [0.2, 0.25) is 0 Å². The largest absolute Gasteiger partial charge is 0.462 e. The van der Waals surface area contributed by atoms with Crippen molar-refractivity contribution in [2.45, 2.75) is 33.2 Å². The third-order valence-corrected chi connectivity index (χ3v) is 4.99. The van der Waals surface area contributed by atoms with Crippen LogP contribution in [0, 0.1) is 0 Å². The van der Waals surface area contributed by atoms with E-state index in [9.17, 15) is 9.59 Å². The number of hydrogen-bond acceptors (Lipinski definition) is 4. The highest BCUT2D eigenvalue weighted by atomic mass is 32.1. The number of carbonyl (C=O) groups excluding carboxylic acids is 2. The van der Waals surface area contributed by atoms with Crippen LogP contribution in [-0.2, 0) is 9.53 Å². The summed E-state index contributed by atoms with van der Waals surface area (Å²) in [5.74, 6) is -0.533. The summed E-state index contributed by atoms with van der Waals surface area (Å²) in [6, 6.07) is 11.9. The monoisotopic (exact) mass is 361 g/mol. The van der Waals surface area contributed by atoms with Crippen molar-refractivity contribution in [3.8, 4) is 10.4 Å². The van der Waals surface area contributed by atoms with E-state index >= 15 is 0 Å². The molecule has 1 amide bonds. The highest BCUT2D eigenvalue weighted by molar-refractivity contribution is 7.20. The number of benzene rings is 1. The molecule has 0 unspecified atom stereocenters. The molecule has 1 aromatic heterocycles. The molecular formula is C19H25N2O3S+. The number of rotatable bonds is 8. The Morgan fingerprint density at radius 2 is 1.96 bits per heavy atom. The van der Waals surface area contributed by atoms with E-state index in [1.165, 1.54) is 11.3 Å². The van der Waals surface area contributed by atoms with E-state index in [1.54, 1.807) is 13.0 Å². The van der Waals surface area contributed by atoms with Gasteiger partial charge in [-0.3, -0.25) is 4.79 Å². The van der Waals surface area contributed by atoms with E-state index in [1.807, 2.05) is 35.6 Å². The van der Waals surface area contributed by atoms with Crippen LogP contribution >= 0.6 is 11.3 Å². The fourth-order valence-corrected chi connectivity index (χ4v) is 3.31. The van der Waals surface area contributed by atoms with Gasteiger partial charge in [-0.25, -0.2) is 4.79 Å². The summed E-state index contributed by atoms with van der Waals surface area (Å²) in [4.78, 5) is 25.4. The second-order valence-electron chi connectivity index (χ2n) is 5.81. The minimum Gasteiger partial charge on any atom is -0.462 e. The first-order valence-corrected chi connectivity index (χ1v) is 9.36. The number of ether oxygens (including phenoxy) is 1. The molecule has 5 nitrogen and oxygen atoms in total. The smallest absolute Gasteiger partial charge is 0.341 e. The Balaban J connectivity index is 2.21. The molecule has 3 N–H and O–H groups in total. The van der Waals surface area contributed by atoms with Gasteiger partial charge in [0.15, 0.2) is 6.54 Å². The Hall–Kier alpha value is -2.18. The van der Waals surface area contributed by atoms with E-state index in [2.05, 4.69) is 19.2 Å². The first-order chi connectivity index (χ1) is 12.0. The highest BCUT2D eigenvalue weighted by Gasteiger charge is 2.20. The van der Waals surface area contributed by atoms with Crippen molar-refractivity contribution in [3.63, 3.8) is 0 Å². The molecule has 2 aromatic rings. The van der Waals surface area contributed by atoms with Crippen molar-refractivity contribution < 1.29 is 19.6 Å². The minimum absolute atomic E-state index is 0.118. The van der Waals surface area contributed by atoms with Crippen molar-refractivity contribution in [2.24, 2.45) is 0 Å². The van der Waals surface area contributed by atoms with E-state index < -0.39 is 5.97 Å². The lowest BCUT2D eigenvalue weighted by atomic mass is 10.1. The molecule has 1 atom stereocenters. The zero-order chi connectivity index (χ0) is 18.2. The maximum atomic E-state index is 12.2. The molecule has 1 aromatic carbocycles. The van der Waals surface area contributed by atoms with Crippen LogP contribution in [0.4, 0.5) is 5.00 Å². The summed E-state index contributed by atoms with van der Waals surface area (Å²) < 4.78 is 5.12. The molecule has 25 heavy (non-hydrogen) atoms. The highest BCUT2D eigenvalue weighted by Crippen LogP contribution is 2.35.